The van der Waals surface area contributed by atoms with Crippen molar-refractivity contribution in [2.75, 3.05) is 0 Å². The molecule has 0 fully saturated rings. The Morgan fingerprint density at radius 3 is 2.50 bits per heavy atom. The Kier molecular flexibility index (Phi) is 3.47. The number of carbonyl (C=O) groups is 1. The fraction of sp³-hybridized carbons (Fsp3) is 0.0588. The summed E-state index contributed by atoms with van der Waals surface area (Å²) in [5, 5.41) is 8.94. The molecule has 1 heterocycles. The molecule has 0 spiro atoms. The predicted octanol–water partition coefficient (Wildman–Crippen LogP) is 3.03. The van der Waals surface area contributed by atoms with Crippen molar-refractivity contribution in [3.63, 3.8) is 0 Å². The van der Waals surface area contributed by atoms with E-state index < -0.39 is 17.8 Å². The molecule has 0 saturated carbocycles. The molecule has 0 atom stereocenters. The lowest BCUT2D eigenvalue weighted by molar-refractivity contribution is -0.136. The number of hydrogen-bond donors (Lipinski definition) is 1. The highest BCUT2D eigenvalue weighted by Crippen LogP contribution is 2.23. The minimum atomic E-state index is -1.17. The van der Waals surface area contributed by atoms with Gasteiger partial charge in [-0.05, 0) is 23.3 Å². The summed E-state index contributed by atoms with van der Waals surface area (Å²) in [4.78, 5) is 23.3. The molecule has 2 aromatic carbocycles. The number of fused-ring (bicyclic) bond motifs is 1. The lowest BCUT2D eigenvalue weighted by atomic mass is 10.0. The summed E-state index contributed by atoms with van der Waals surface area (Å²) >= 11 is 0. The number of aliphatic carboxylic acids is 1. The van der Waals surface area contributed by atoms with Crippen molar-refractivity contribution in [2.45, 2.75) is 6.42 Å². The van der Waals surface area contributed by atoms with E-state index in [1.807, 2.05) is 30.3 Å². The van der Waals surface area contributed by atoms with Crippen molar-refractivity contribution in [3.05, 3.63) is 70.5 Å². The molecule has 0 aliphatic carbocycles. The molecule has 1 N–H and O–H groups in total. The molecule has 5 heteroatoms. The Morgan fingerprint density at radius 2 is 1.82 bits per heavy atom. The van der Waals surface area contributed by atoms with Crippen LogP contribution in [0.3, 0.4) is 0 Å². The van der Waals surface area contributed by atoms with E-state index in [4.69, 9.17) is 5.11 Å². The predicted molar refractivity (Wildman–Crippen MR) is 81.5 cm³/mol. The first-order chi connectivity index (χ1) is 10.6. The van der Waals surface area contributed by atoms with Crippen LogP contribution in [0.5, 0.6) is 0 Å². The molecule has 0 aliphatic rings. The summed E-state index contributed by atoms with van der Waals surface area (Å²) in [7, 11) is 0. The number of aromatic nitrogens is 1. The van der Waals surface area contributed by atoms with E-state index in [-0.39, 0.29) is 16.5 Å². The lowest BCUT2D eigenvalue weighted by Gasteiger charge is -2.07. The summed E-state index contributed by atoms with van der Waals surface area (Å²) in [6.45, 7) is 0. The second-order valence-corrected chi connectivity index (χ2v) is 4.96. The number of carboxylic acid groups (broad SMARTS) is 1. The SMILES string of the molecule is O=C(O)Cc1cn(F)c2cc(-c3ccccc3)ccc2c1=O. The Hall–Kier alpha value is -2.95. The van der Waals surface area contributed by atoms with Crippen LogP contribution in [0.1, 0.15) is 5.56 Å². The van der Waals surface area contributed by atoms with Gasteiger partial charge in [0.2, 0.25) is 0 Å². The average molecular weight is 297 g/mol. The summed E-state index contributed by atoms with van der Waals surface area (Å²) in [5.74, 6) is -1.17. The van der Waals surface area contributed by atoms with E-state index in [0.29, 0.717) is 4.79 Å². The number of halogens is 1. The van der Waals surface area contributed by atoms with Crippen LogP contribution in [0.2, 0.25) is 0 Å². The molecule has 0 saturated heterocycles. The van der Waals surface area contributed by atoms with Crippen LogP contribution in [0, 0.1) is 0 Å². The topological polar surface area (TPSA) is 59.3 Å². The number of carboxylic acids is 1. The zero-order valence-electron chi connectivity index (χ0n) is 11.5. The first-order valence-corrected chi connectivity index (χ1v) is 6.68. The van der Waals surface area contributed by atoms with Gasteiger partial charge < -0.3 is 5.11 Å². The van der Waals surface area contributed by atoms with Crippen LogP contribution < -0.4 is 5.43 Å². The third kappa shape index (κ3) is 2.48. The quantitative estimate of drug-likeness (QED) is 0.808. The minimum Gasteiger partial charge on any atom is -0.481 e. The van der Waals surface area contributed by atoms with Crippen molar-refractivity contribution in [1.82, 2.24) is 4.79 Å². The fourth-order valence-corrected chi connectivity index (χ4v) is 2.44. The molecule has 22 heavy (non-hydrogen) atoms. The molecule has 110 valence electrons. The van der Waals surface area contributed by atoms with E-state index >= 15 is 0 Å². The van der Waals surface area contributed by atoms with Crippen molar-refractivity contribution in [3.8, 4) is 11.1 Å². The van der Waals surface area contributed by atoms with Gasteiger partial charge in [0.25, 0.3) is 0 Å². The van der Waals surface area contributed by atoms with Crippen LogP contribution in [-0.2, 0) is 11.2 Å². The van der Waals surface area contributed by atoms with E-state index in [2.05, 4.69) is 0 Å². The van der Waals surface area contributed by atoms with Crippen molar-refractivity contribution < 1.29 is 14.4 Å². The summed E-state index contributed by atoms with van der Waals surface area (Å²) in [5.41, 5.74) is 1.29. The molecule has 0 amide bonds. The van der Waals surface area contributed by atoms with Gasteiger partial charge in [-0.1, -0.05) is 40.9 Å². The third-order valence-electron chi connectivity index (χ3n) is 3.48. The Labute approximate surface area is 125 Å². The molecule has 4 nitrogen and oxygen atoms in total. The van der Waals surface area contributed by atoms with Gasteiger partial charge in [0.05, 0.1) is 11.9 Å². The molecule has 0 bridgehead atoms. The second-order valence-electron chi connectivity index (χ2n) is 4.96. The van der Waals surface area contributed by atoms with Gasteiger partial charge in [0, 0.05) is 17.1 Å². The Balaban J connectivity index is 2.20. The summed E-state index contributed by atoms with van der Waals surface area (Å²) in [6.07, 6.45) is 0.437. The van der Waals surface area contributed by atoms with Crippen molar-refractivity contribution in [2.24, 2.45) is 0 Å². The van der Waals surface area contributed by atoms with Crippen LogP contribution in [0.4, 0.5) is 4.48 Å². The smallest absolute Gasteiger partial charge is 0.308 e. The Bertz CT molecular complexity index is 916. The number of hydrogen-bond acceptors (Lipinski definition) is 2. The van der Waals surface area contributed by atoms with Crippen LogP contribution in [0.15, 0.2) is 59.5 Å². The van der Waals surface area contributed by atoms with Gasteiger partial charge in [0.1, 0.15) is 0 Å². The standard InChI is InChI=1S/C17H12FNO3/c18-19-10-13(9-16(20)21)17(22)14-7-6-12(8-15(14)19)11-4-2-1-3-5-11/h1-8,10H,9H2,(H,20,21). The highest BCUT2D eigenvalue weighted by molar-refractivity contribution is 5.85. The zero-order chi connectivity index (χ0) is 15.7. The number of pyridine rings is 1. The van der Waals surface area contributed by atoms with Gasteiger partial charge >= 0.3 is 5.97 Å². The average Bonchev–Trinajstić information content (AvgIpc) is 2.52. The maximum absolute atomic E-state index is 14.2. The van der Waals surface area contributed by atoms with E-state index in [9.17, 15) is 14.1 Å². The first-order valence-electron chi connectivity index (χ1n) is 6.68. The fourth-order valence-electron chi connectivity index (χ4n) is 2.44. The maximum Gasteiger partial charge on any atom is 0.308 e. The monoisotopic (exact) mass is 297 g/mol. The van der Waals surface area contributed by atoms with E-state index in [1.165, 1.54) is 6.07 Å². The highest BCUT2D eigenvalue weighted by Gasteiger charge is 2.12. The highest BCUT2D eigenvalue weighted by atomic mass is 19.2. The second kappa shape index (κ2) is 5.44. The van der Waals surface area contributed by atoms with Gasteiger partial charge in [-0.25, -0.2) is 0 Å². The van der Waals surface area contributed by atoms with Gasteiger partial charge in [0.15, 0.2) is 5.43 Å². The molecule has 0 unspecified atom stereocenters. The minimum absolute atomic E-state index is 0.0741. The van der Waals surface area contributed by atoms with Crippen molar-refractivity contribution >= 4 is 16.9 Å². The van der Waals surface area contributed by atoms with Crippen LogP contribution >= 0.6 is 0 Å². The summed E-state index contributed by atoms with van der Waals surface area (Å²) in [6, 6.07) is 14.2. The zero-order valence-corrected chi connectivity index (χ0v) is 11.5. The van der Waals surface area contributed by atoms with Gasteiger partial charge in [-0.2, -0.15) is 4.79 Å². The molecule has 3 rings (SSSR count). The van der Waals surface area contributed by atoms with Crippen molar-refractivity contribution in [1.29, 1.82) is 0 Å². The van der Waals surface area contributed by atoms with Gasteiger partial charge in [-0.3, -0.25) is 9.59 Å². The first kappa shape index (κ1) is 14.0. The third-order valence-corrected chi connectivity index (χ3v) is 3.48. The largest absolute Gasteiger partial charge is 0.481 e. The van der Waals surface area contributed by atoms with Crippen LogP contribution in [0.25, 0.3) is 22.0 Å². The molecule has 3 aromatic rings. The number of rotatable bonds is 3. The lowest BCUT2D eigenvalue weighted by Crippen LogP contribution is -2.16. The normalized spacial score (nSPS) is 10.8. The van der Waals surface area contributed by atoms with E-state index in [1.54, 1.807) is 12.1 Å². The number of benzene rings is 2. The molecule has 1 aromatic heterocycles. The van der Waals surface area contributed by atoms with Gasteiger partial charge in [-0.15, -0.1) is 0 Å². The number of nitrogens with zero attached hydrogens (tertiary/aromatic N) is 1. The molecular weight excluding hydrogens is 285 g/mol. The molecule has 0 aliphatic heterocycles. The van der Waals surface area contributed by atoms with Crippen LogP contribution in [-0.4, -0.2) is 15.9 Å². The Morgan fingerprint density at radius 1 is 1.09 bits per heavy atom. The summed E-state index contributed by atoms with van der Waals surface area (Å²) < 4.78 is 14.2. The molecule has 0 radical (unpaired) electrons. The van der Waals surface area contributed by atoms with E-state index in [0.717, 1.165) is 17.3 Å². The maximum atomic E-state index is 14.2. The molecular formula is C17H12FNO3.